The number of hydrogen-bond donors (Lipinski definition) is 3. The molecule has 0 aliphatic carbocycles. The molecule has 0 aromatic rings. The lowest BCUT2D eigenvalue weighted by molar-refractivity contribution is 0.212. The van der Waals surface area contributed by atoms with Crippen molar-refractivity contribution in [3.8, 4) is 0 Å². The van der Waals surface area contributed by atoms with Crippen LogP contribution < -0.4 is 0 Å². The first-order chi connectivity index (χ1) is 21.6. The molecule has 0 amide bonds. The van der Waals surface area contributed by atoms with E-state index in [4.69, 9.17) is 15.3 Å². The maximum Gasteiger partial charge on any atom is 0.0459 e. The van der Waals surface area contributed by atoms with Crippen molar-refractivity contribution in [2.75, 3.05) is 19.8 Å². The second kappa shape index (κ2) is 75.4. The van der Waals surface area contributed by atoms with Crippen LogP contribution in [0, 0.1) is 5.92 Å². The molecule has 5 nitrogen and oxygen atoms in total. The van der Waals surface area contributed by atoms with Gasteiger partial charge in [0.25, 0.3) is 0 Å². The standard InChI is InChI=1S/C8H18O.3C8H16.2C4H10O.C2H6.2H2O/c1-3-5-6-8(4-2)7-9;3*1-4-6-7-8(3)5-2;2*1-2-3-4-5;1-2;;/h8-9H,3-7H2,1-2H3;7H,4-6H2,1-3H3;5H,4,6-7H2,1-3H3;3-7H2,1-2H3;2*5H,2-4H2,1H3;1-2H3;2*1H2/b;8-7-;8-5-;;;;;;. The average molecular weight is 681 g/mol. The van der Waals surface area contributed by atoms with E-state index in [2.05, 4.69) is 102 Å². The topological polar surface area (TPSA) is 124 Å². The van der Waals surface area contributed by atoms with Gasteiger partial charge in [0.2, 0.25) is 0 Å². The Balaban J connectivity index is -0.0000000522. The minimum atomic E-state index is 0. The van der Waals surface area contributed by atoms with Gasteiger partial charge in [0.15, 0.2) is 0 Å². The SMILES string of the molecule is C/C=C(/C)CCCC.C=C(CC)CCCC.CC.CCC/C=C(/C)CC.CCCCC(CC)CO.CCCCO.CCCCO.O.O. The molecule has 0 spiro atoms. The molecule has 0 bridgehead atoms. The minimum absolute atomic E-state index is 0. The summed E-state index contributed by atoms with van der Waals surface area (Å²) >= 11 is 0. The molecule has 0 aromatic heterocycles. The zero-order chi connectivity index (χ0) is 36.6. The first kappa shape index (κ1) is 68.1. The molecule has 5 heteroatoms. The lowest BCUT2D eigenvalue weighted by Gasteiger charge is -2.08. The average Bonchev–Trinajstić information content (AvgIpc) is 3.08. The Morgan fingerprint density at radius 1 is 0.596 bits per heavy atom. The monoisotopic (exact) mass is 681 g/mol. The molecule has 0 aliphatic heterocycles. The number of rotatable bonds is 19. The first-order valence-corrected chi connectivity index (χ1v) is 19.4. The smallest absolute Gasteiger partial charge is 0.0459 e. The van der Waals surface area contributed by atoms with Crippen LogP contribution in [0.2, 0.25) is 0 Å². The first-order valence-electron chi connectivity index (χ1n) is 19.4. The molecule has 294 valence electrons. The zero-order valence-electron chi connectivity index (χ0n) is 35.1. The maximum atomic E-state index is 8.75. The summed E-state index contributed by atoms with van der Waals surface area (Å²) in [4.78, 5) is 0. The molecule has 0 rings (SSSR count). The van der Waals surface area contributed by atoms with Gasteiger partial charge in [-0.2, -0.15) is 0 Å². The third-order valence-corrected chi connectivity index (χ3v) is 6.97. The van der Waals surface area contributed by atoms with Crippen molar-refractivity contribution in [1.82, 2.24) is 0 Å². The molecular formula is C42H96O5. The third-order valence-electron chi connectivity index (χ3n) is 6.97. The number of hydrogen-bond acceptors (Lipinski definition) is 3. The van der Waals surface area contributed by atoms with Crippen LogP contribution >= 0.6 is 0 Å². The summed E-state index contributed by atoms with van der Waals surface area (Å²) in [6, 6.07) is 0. The van der Waals surface area contributed by atoms with Gasteiger partial charge in [0.05, 0.1) is 0 Å². The van der Waals surface area contributed by atoms with E-state index in [9.17, 15) is 0 Å². The van der Waals surface area contributed by atoms with E-state index in [1.807, 2.05) is 13.8 Å². The van der Waals surface area contributed by atoms with Crippen LogP contribution in [-0.2, 0) is 0 Å². The zero-order valence-corrected chi connectivity index (χ0v) is 35.1. The summed E-state index contributed by atoms with van der Waals surface area (Å²) in [6.07, 6.45) is 26.1. The van der Waals surface area contributed by atoms with Crippen LogP contribution in [0.1, 0.15) is 213 Å². The normalized spacial score (nSPS) is 10.2. The van der Waals surface area contributed by atoms with Crippen LogP contribution in [0.4, 0.5) is 0 Å². The van der Waals surface area contributed by atoms with Gasteiger partial charge in [0.1, 0.15) is 0 Å². The highest BCUT2D eigenvalue weighted by molar-refractivity contribution is 4.96. The van der Waals surface area contributed by atoms with Crippen LogP contribution in [-0.4, -0.2) is 46.1 Å². The van der Waals surface area contributed by atoms with E-state index < -0.39 is 0 Å². The fraction of sp³-hybridized carbons (Fsp3) is 0.857. The molecule has 0 fully saturated rings. The Labute approximate surface area is 299 Å². The minimum Gasteiger partial charge on any atom is -0.412 e. The maximum absolute atomic E-state index is 8.75. The van der Waals surface area contributed by atoms with E-state index in [0.717, 1.165) is 38.5 Å². The quantitative estimate of drug-likeness (QED) is 0.118. The van der Waals surface area contributed by atoms with E-state index in [1.165, 1.54) is 93.8 Å². The van der Waals surface area contributed by atoms with E-state index in [-0.39, 0.29) is 11.0 Å². The van der Waals surface area contributed by atoms with Gasteiger partial charge in [-0.15, -0.1) is 0 Å². The summed E-state index contributed by atoms with van der Waals surface area (Å²) in [5.74, 6) is 0.560. The van der Waals surface area contributed by atoms with Crippen molar-refractivity contribution in [2.45, 2.75) is 213 Å². The van der Waals surface area contributed by atoms with Crippen LogP contribution in [0.15, 0.2) is 35.5 Å². The van der Waals surface area contributed by atoms with Crippen LogP contribution in [0.25, 0.3) is 0 Å². The molecule has 7 N–H and O–H groups in total. The van der Waals surface area contributed by atoms with E-state index in [1.54, 1.807) is 0 Å². The van der Waals surface area contributed by atoms with Gasteiger partial charge in [-0.25, -0.2) is 0 Å². The van der Waals surface area contributed by atoms with Gasteiger partial charge >= 0.3 is 0 Å². The molecule has 1 unspecified atom stereocenters. The van der Waals surface area contributed by atoms with Crippen LogP contribution in [0.3, 0.4) is 0 Å². The molecule has 0 heterocycles. The number of allylic oxidation sites excluding steroid dienone is 5. The number of unbranched alkanes of at least 4 members (excludes halogenated alkanes) is 6. The van der Waals surface area contributed by atoms with Crippen molar-refractivity contribution < 1.29 is 26.3 Å². The Kier molecular flexibility index (Phi) is 109. The Morgan fingerprint density at radius 2 is 1.02 bits per heavy atom. The fourth-order valence-electron chi connectivity index (χ4n) is 2.97. The highest BCUT2D eigenvalue weighted by atomic mass is 16.3. The van der Waals surface area contributed by atoms with E-state index >= 15 is 0 Å². The second-order valence-corrected chi connectivity index (χ2v) is 11.4. The Bertz CT molecular complexity index is 501. The van der Waals surface area contributed by atoms with Gasteiger partial charge < -0.3 is 26.3 Å². The van der Waals surface area contributed by atoms with Crippen molar-refractivity contribution in [2.24, 2.45) is 5.92 Å². The van der Waals surface area contributed by atoms with Gasteiger partial charge in [-0.3, -0.25) is 0 Å². The molecule has 0 aromatic carbocycles. The summed E-state index contributed by atoms with van der Waals surface area (Å²) in [7, 11) is 0. The highest BCUT2D eigenvalue weighted by Crippen LogP contribution is 2.10. The van der Waals surface area contributed by atoms with Crippen molar-refractivity contribution in [1.29, 1.82) is 0 Å². The predicted molar refractivity (Wildman–Crippen MR) is 220 cm³/mol. The Hall–Kier alpha value is -0.980. The molecule has 0 saturated heterocycles. The second-order valence-electron chi connectivity index (χ2n) is 11.4. The van der Waals surface area contributed by atoms with Gasteiger partial charge in [-0.05, 0) is 90.9 Å². The molecular weight excluding hydrogens is 584 g/mol. The van der Waals surface area contributed by atoms with Crippen LogP contribution in [0.5, 0.6) is 0 Å². The summed E-state index contributed by atoms with van der Waals surface area (Å²) in [5, 5.41) is 24.9. The molecule has 1 atom stereocenters. The molecule has 0 radical (unpaired) electrons. The summed E-state index contributed by atoms with van der Waals surface area (Å²) < 4.78 is 0. The van der Waals surface area contributed by atoms with Crippen molar-refractivity contribution in [3.05, 3.63) is 35.5 Å². The lowest BCUT2D eigenvalue weighted by Crippen LogP contribution is -2.03. The largest absolute Gasteiger partial charge is 0.412 e. The van der Waals surface area contributed by atoms with Gasteiger partial charge in [0, 0.05) is 19.8 Å². The molecule has 0 saturated carbocycles. The van der Waals surface area contributed by atoms with Gasteiger partial charge in [-0.1, -0.05) is 163 Å². The number of aliphatic hydroxyl groups is 3. The number of aliphatic hydroxyl groups excluding tert-OH is 3. The van der Waals surface area contributed by atoms with Crippen molar-refractivity contribution in [3.63, 3.8) is 0 Å². The van der Waals surface area contributed by atoms with Crippen molar-refractivity contribution >= 4 is 0 Å². The summed E-state index contributed by atoms with van der Waals surface area (Å²) in [6.45, 7) is 34.9. The lowest BCUT2D eigenvalue weighted by atomic mass is 10.0. The summed E-state index contributed by atoms with van der Waals surface area (Å²) in [5.41, 5.74) is 4.44. The third kappa shape index (κ3) is 98.9. The predicted octanol–water partition coefficient (Wildman–Crippen LogP) is 12.6. The molecule has 0 aliphatic rings. The van der Waals surface area contributed by atoms with E-state index in [0.29, 0.717) is 25.7 Å². The Morgan fingerprint density at radius 3 is 1.28 bits per heavy atom. The fourth-order valence-corrected chi connectivity index (χ4v) is 2.97. The highest BCUT2D eigenvalue weighted by Gasteiger charge is 2.01. The molecule has 47 heavy (non-hydrogen) atoms.